The predicted molar refractivity (Wildman–Crippen MR) is 110 cm³/mol. The Morgan fingerprint density at radius 2 is 1.79 bits per heavy atom. The van der Waals surface area contributed by atoms with Gasteiger partial charge >= 0.3 is 0 Å². The third kappa shape index (κ3) is 4.56. The fraction of sp³-hybridized carbons (Fsp3) is 0.333. The van der Waals surface area contributed by atoms with Gasteiger partial charge < -0.3 is 24.4 Å². The molecule has 29 heavy (non-hydrogen) atoms. The van der Waals surface area contributed by atoms with Gasteiger partial charge in [0.2, 0.25) is 11.8 Å². The SMILES string of the molecule is COc1cc(OC)c(OC)cc1CNC(=O)C1CC(=O)N(c2cccc(Cl)c2)C1. The zero-order chi connectivity index (χ0) is 21.0. The Morgan fingerprint density at radius 3 is 2.45 bits per heavy atom. The summed E-state index contributed by atoms with van der Waals surface area (Å²) in [5.74, 6) is 0.924. The van der Waals surface area contributed by atoms with Gasteiger partial charge in [0.25, 0.3) is 0 Å². The van der Waals surface area contributed by atoms with Crippen molar-refractivity contribution in [2.75, 3.05) is 32.8 Å². The van der Waals surface area contributed by atoms with Gasteiger partial charge in [-0.3, -0.25) is 9.59 Å². The number of amides is 2. The van der Waals surface area contributed by atoms with Gasteiger partial charge in [-0.05, 0) is 24.3 Å². The number of rotatable bonds is 7. The molecule has 154 valence electrons. The third-order valence-electron chi connectivity index (χ3n) is 4.86. The van der Waals surface area contributed by atoms with Crippen molar-refractivity contribution in [2.24, 2.45) is 5.92 Å². The molecule has 1 aliphatic rings. The van der Waals surface area contributed by atoms with E-state index in [0.717, 1.165) is 5.56 Å². The molecule has 8 heteroatoms. The Hall–Kier alpha value is -2.93. The lowest BCUT2D eigenvalue weighted by Gasteiger charge is -2.17. The summed E-state index contributed by atoms with van der Waals surface area (Å²) in [4.78, 5) is 26.6. The largest absolute Gasteiger partial charge is 0.496 e. The van der Waals surface area contributed by atoms with E-state index in [1.807, 2.05) is 0 Å². The monoisotopic (exact) mass is 418 g/mol. The van der Waals surface area contributed by atoms with Gasteiger partial charge in [-0.1, -0.05) is 17.7 Å². The minimum Gasteiger partial charge on any atom is -0.496 e. The van der Waals surface area contributed by atoms with Gasteiger partial charge in [0.15, 0.2) is 11.5 Å². The van der Waals surface area contributed by atoms with Gasteiger partial charge in [-0.2, -0.15) is 0 Å². The van der Waals surface area contributed by atoms with Crippen molar-refractivity contribution < 1.29 is 23.8 Å². The first-order valence-corrected chi connectivity index (χ1v) is 9.47. The summed E-state index contributed by atoms with van der Waals surface area (Å²) >= 11 is 6.01. The molecule has 0 radical (unpaired) electrons. The third-order valence-corrected chi connectivity index (χ3v) is 5.09. The highest BCUT2D eigenvalue weighted by Crippen LogP contribution is 2.34. The summed E-state index contributed by atoms with van der Waals surface area (Å²) in [5, 5.41) is 3.43. The van der Waals surface area contributed by atoms with E-state index < -0.39 is 5.92 Å². The van der Waals surface area contributed by atoms with Crippen LogP contribution in [-0.2, 0) is 16.1 Å². The number of hydrogen-bond donors (Lipinski definition) is 1. The van der Waals surface area contributed by atoms with E-state index in [2.05, 4.69) is 5.32 Å². The fourth-order valence-electron chi connectivity index (χ4n) is 3.33. The van der Waals surface area contributed by atoms with Crippen molar-refractivity contribution in [1.82, 2.24) is 5.32 Å². The first-order chi connectivity index (χ1) is 14.0. The zero-order valence-corrected chi connectivity index (χ0v) is 17.3. The predicted octanol–water partition coefficient (Wildman–Crippen LogP) is 3.04. The molecule has 2 amide bonds. The average Bonchev–Trinajstić information content (AvgIpc) is 3.13. The van der Waals surface area contributed by atoms with E-state index in [0.29, 0.717) is 34.5 Å². The van der Waals surface area contributed by atoms with Crippen LogP contribution in [0.25, 0.3) is 0 Å². The number of carbonyl (C=O) groups is 2. The molecule has 1 atom stereocenters. The van der Waals surface area contributed by atoms with Gasteiger partial charge in [0, 0.05) is 41.9 Å². The van der Waals surface area contributed by atoms with Crippen molar-refractivity contribution in [3.05, 3.63) is 47.0 Å². The molecule has 3 rings (SSSR count). The number of nitrogens with one attached hydrogen (secondary N) is 1. The molecule has 1 heterocycles. The highest BCUT2D eigenvalue weighted by Gasteiger charge is 2.35. The molecule has 0 aliphatic carbocycles. The molecular formula is C21H23ClN2O5. The second kappa shape index (κ2) is 9.05. The van der Waals surface area contributed by atoms with Gasteiger partial charge in [-0.15, -0.1) is 0 Å². The standard InChI is InChI=1S/C21H23ClN2O5/c1-27-17-10-19(29-3)18(28-2)7-13(17)11-23-21(26)14-8-20(25)24(12-14)16-6-4-5-15(22)9-16/h4-7,9-10,14H,8,11-12H2,1-3H3,(H,23,26). The highest BCUT2D eigenvalue weighted by atomic mass is 35.5. The Labute approximate surface area is 174 Å². The van der Waals surface area contributed by atoms with Gasteiger partial charge in [-0.25, -0.2) is 0 Å². The second-order valence-corrected chi connectivity index (χ2v) is 7.06. The number of halogens is 1. The quantitative estimate of drug-likeness (QED) is 0.747. The van der Waals surface area contributed by atoms with Gasteiger partial charge in [0.1, 0.15) is 5.75 Å². The molecule has 7 nitrogen and oxygen atoms in total. The molecule has 1 unspecified atom stereocenters. The maximum atomic E-state index is 12.7. The zero-order valence-electron chi connectivity index (χ0n) is 16.5. The second-order valence-electron chi connectivity index (χ2n) is 6.62. The maximum absolute atomic E-state index is 12.7. The molecule has 0 saturated carbocycles. The van der Waals surface area contributed by atoms with Crippen LogP contribution in [0, 0.1) is 5.92 Å². The first-order valence-electron chi connectivity index (χ1n) is 9.09. The minimum atomic E-state index is -0.437. The van der Waals surface area contributed by atoms with Crippen LogP contribution in [0.15, 0.2) is 36.4 Å². The topological polar surface area (TPSA) is 77.1 Å². The van der Waals surface area contributed by atoms with Crippen molar-refractivity contribution in [3.8, 4) is 17.2 Å². The van der Waals surface area contributed by atoms with E-state index in [9.17, 15) is 9.59 Å². The van der Waals surface area contributed by atoms with E-state index in [1.165, 1.54) is 0 Å². The molecule has 0 aromatic heterocycles. The van der Waals surface area contributed by atoms with Crippen LogP contribution in [0.2, 0.25) is 5.02 Å². The van der Waals surface area contributed by atoms with Crippen molar-refractivity contribution in [3.63, 3.8) is 0 Å². The number of carbonyl (C=O) groups excluding carboxylic acids is 2. The molecule has 1 N–H and O–H groups in total. The summed E-state index contributed by atoms with van der Waals surface area (Å²) in [7, 11) is 4.63. The number of ether oxygens (including phenoxy) is 3. The summed E-state index contributed by atoms with van der Waals surface area (Å²) in [6.07, 6.45) is 0.154. The van der Waals surface area contributed by atoms with E-state index >= 15 is 0 Å². The first kappa shape index (κ1) is 20.8. The number of methoxy groups -OCH3 is 3. The normalized spacial score (nSPS) is 15.9. The lowest BCUT2D eigenvalue weighted by molar-refractivity contribution is -0.126. The van der Waals surface area contributed by atoms with Crippen LogP contribution in [0.1, 0.15) is 12.0 Å². The Morgan fingerprint density at radius 1 is 1.10 bits per heavy atom. The minimum absolute atomic E-state index is 0.101. The van der Waals surface area contributed by atoms with Crippen molar-refractivity contribution >= 4 is 29.1 Å². The van der Waals surface area contributed by atoms with Crippen LogP contribution >= 0.6 is 11.6 Å². The highest BCUT2D eigenvalue weighted by molar-refractivity contribution is 6.31. The van der Waals surface area contributed by atoms with E-state index in [1.54, 1.807) is 62.6 Å². The number of nitrogens with zero attached hydrogens (tertiary/aromatic N) is 1. The lowest BCUT2D eigenvalue weighted by atomic mass is 10.1. The maximum Gasteiger partial charge on any atom is 0.227 e. The van der Waals surface area contributed by atoms with Crippen molar-refractivity contribution in [2.45, 2.75) is 13.0 Å². The molecule has 1 fully saturated rings. The number of hydrogen-bond acceptors (Lipinski definition) is 5. The molecule has 1 saturated heterocycles. The Balaban J connectivity index is 1.68. The number of anilines is 1. The van der Waals surface area contributed by atoms with Crippen molar-refractivity contribution in [1.29, 1.82) is 0 Å². The van der Waals surface area contributed by atoms with Gasteiger partial charge in [0.05, 0.1) is 27.2 Å². The van der Waals surface area contributed by atoms with Crippen LogP contribution in [-0.4, -0.2) is 39.7 Å². The smallest absolute Gasteiger partial charge is 0.227 e. The molecule has 2 aromatic rings. The van der Waals surface area contributed by atoms with Crippen LogP contribution in [0.3, 0.4) is 0 Å². The van der Waals surface area contributed by atoms with E-state index in [-0.39, 0.29) is 24.8 Å². The summed E-state index contributed by atoms with van der Waals surface area (Å²) < 4.78 is 16.0. The average molecular weight is 419 g/mol. The van der Waals surface area contributed by atoms with Crippen LogP contribution in [0.4, 0.5) is 5.69 Å². The summed E-state index contributed by atoms with van der Waals surface area (Å²) in [6.45, 7) is 0.554. The molecular weight excluding hydrogens is 396 g/mol. The molecule has 2 aromatic carbocycles. The summed E-state index contributed by atoms with van der Waals surface area (Å²) in [5.41, 5.74) is 1.44. The molecule has 0 spiro atoms. The molecule has 1 aliphatic heterocycles. The Kier molecular flexibility index (Phi) is 6.49. The van der Waals surface area contributed by atoms with Crippen LogP contribution in [0.5, 0.6) is 17.2 Å². The fourth-order valence-corrected chi connectivity index (χ4v) is 3.52. The lowest BCUT2D eigenvalue weighted by Crippen LogP contribution is -2.32. The summed E-state index contributed by atoms with van der Waals surface area (Å²) in [6, 6.07) is 10.5. The molecule has 0 bridgehead atoms. The number of benzene rings is 2. The van der Waals surface area contributed by atoms with Crippen LogP contribution < -0.4 is 24.4 Å². The van der Waals surface area contributed by atoms with E-state index in [4.69, 9.17) is 25.8 Å². The Bertz CT molecular complexity index is 918.